The molecule has 0 aliphatic rings. The van der Waals surface area contributed by atoms with Crippen LogP contribution in [0.3, 0.4) is 0 Å². The lowest BCUT2D eigenvalue weighted by atomic mass is 10.2. The maximum Gasteiger partial charge on any atom is 0.0480 e. The Hall–Kier alpha value is -0.470. The van der Waals surface area contributed by atoms with Gasteiger partial charge in [-0.1, -0.05) is 30.3 Å². The van der Waals surface area contributed by atoms with Gasteiger partial charge >= 0.3 is 0 Å². The predicted octanol–water partition coefficient (Wildman–Crippen LogP) is 2.27. The first kappa shape index (κ1) is 6.65. The van der Waals surface area contributed by atoms with Gasteiger partial charge in [-0.05, 0) is 5.56 Å². The first-order valence-corrected chi connectivity index (χ1v) is 3.63. The second-order valence-electron chi connectivity index (χ2n) is 1.75. The molecule has 0 amide bonds. The summed E-state index contributed by atoms with van der Waals surface area (Å²) < 4.78 is 10.0. The van der Waals surface area contributed by atoms with Gasteiger partial charge in [0, 0.05) is 17.8 Å². The molecule has 0 saturated carbocycles. The van der Waals surface area contributed by atoms with Crippen molar-refractivity contribution in [2.45, 2.75) is 5.75 Å². The minimum absolute atomic E-state index is 0.570. The van der Waals surface area contributed by atoms with Crippen molar-refractivity contribution in [1.82, 2.24) is 0 Å². The third kappa shape index (κ3) is 2.08. The number of hydrogen-bond donors (Lipinski definition) is 0. The molecule has 1 aromatic rings. The molecule has 1 aromatic carbocycles. The summed E-state index contributed by atoms with van der Waals surface area (Å²) in [5.41, 5.74) is 1.09. The van der Waals surface area contributed by atoms with E-state index in [0.717, 1.165) is 5.56 Å². The summed E-state index contributed by atoms with van der Waals surface area (Å²) >= 11 is 0.605. The molecule has 0 saturated heterocycles. The van der Waals surface area contributed by atoms with Crippen LogP contribution in [0.1, 0.15) is 5.56 Å². The van der Waals surface area contributed by atoms with Crippen molar-refractivity contribution in [3.63, 3.8) is 0 Å². The Kier molecular flexibility index (Phi) is 2.61. The fraction of sp³-hybridized carbons (Fsp3) is 0.143. The van der Waals surface area contributed by atoms with Crippen LogP contribution in [0.15, 0.2) is 30.3 Å². The van der Waals surface area contributed by atoms with Gasteiger partial charge in [-0.15, -0.1) is 0 Å². The Labute approximate surface area is 58.9 Å². The Morgan fingerprint density at radius 3 is 2.44 bits per heavy atom. The molecule has 0 atom stereocenters. The zero-order valence-corrected chi connectivity index (χ0v) is 5.73. The average Bonchev–Trinajstić information content (AvgIpc) is 1.91. The van der Waals surface area contributed by atoms with Gasteiger partial charge < -0.3 is 0 Å². The summed E-state index contributed by atoms with van der Waals surface area (Å²) in [6.07, 6.45) is 0. The van der Waals surface area contributed by atoms with Crippen LogP contribution in [0.4, 0.5) is 0 Å². The van der Waals surface area contributed by atoms with E-state index in [4.69, 9.17) is 0 Å². The monoisotopic (exact) mass is 139 g/mol. The minimum atomic E-state index is 0.570. The summed E-state index contributed by atoms with van der Waals surface area (Å²) in [4.78, 5) is 0. The van der Waals surface area contributed by atoms with E-state index >= 15 is 0 Å². The van der Waals surface area contributed by atoms with E-state index in [2.05, 4.69) is 0 Å². The second kappa shape index (κ2) is 3.54. The summed E-state index contributed by atoms with van der Waals surface area (Å²) in [6.45, 7) is 0. The standard InChI is InChI=1S/C7H7OS/c8-9-6-7-4-2-1-3-5-7/h1-5H,6H2. The minimum Gasteiger partial charge on any atom is -0.151 e. The molecule has 0 aromatic heterocycles. The molecule has 1 nitrogen and oxygen atoms in total. The first-order valence-electron chi connectivity index (χ1n) is 2.72. The van der Waals surface area contributed by atoms with Crippen molar-refractivity contribution in [2.75, 3.05) is 0 Å². The van der Waals surface area contributed by atoms with Gasteiger partial charge in [0.2, 0.25) is 0 Å². The molecule has 0 unspecified atom stereocenters. The highest BCUT2D eigenvalue weighted by molar-refractivity contribution is 7.92. The number of rotatable bonds is 2. The summed E-state index contributed by atoms with van der Waals surface area (Å²) in [5, 5.41) is 0. The van der Waals surface area contributed by atoms with E-state index in [1.165, 1.54) is 0 Å². The lowest BCUT2D eigenvalue weighted by Crippen LogP contribution is -1.74. The Morgan fingerprint density at radius 1 is 1.22 bits per heavy atom. The molecule has 1 radical (unpaired) electrons. The van der Waals surface area contributed by atoms with Crippen molar-refractivity contribution >= 4 is 12.0 Å². The van der Waals surface area contributed by atoms with Crippen molar-refractivity contribution in [2.24, 2.45) is 0 Å². The fourth-order valence-corrected chi connectivity index (χ4v) is 0.971. The third-order valence-electron chi connectivity index (χ3n) is 1.07. The Balaban J connectivity index is 2.61. The number of benzene rings is 1. The zero-order chi connectivity index (χ0) is 6.53. The Bertz CT molecular complexity index is 162. The van der Waals surface area contributed by atoms with Gasteiger partial charge in [0.15, 0.2) is 0 Å². The topological polar surface area (TPSA) is 19.9 Å². The first-order chi connectivity index (χ1) is 4.43. The quantitative estimate of drug-likeness (QED) is 0.575. The molecule has 1 rings (SSSR count). The smallest absolute Gasteiger partial charge is 0.0480 e. The molecule has 0 spiro atoms. The van der Waals surface area contributed by atoms with E-state index in [9.17, 15) is 4.55 Å². The average molecular weight is 139 g/mol. The van der Waals surface area contributed by atoms with Crippen LogP contribution in [0.2, 0.25) is 0 Å². The molecular formula is C7H7OS. The van der Waals surface area contributed by atoms with Gasteiger partial charge in [0.1, 0.15) is 0 Å². The third-order valence-corrected chi connectivity index (χ3v) is 1.52. The molecule has 47 valence electrons. The summed E-state index contributed by atoms with van der Waals surface area (Å²) in [6, 6.07) is 9.71. The highest BCUT2D eigenvalue weighted by Gasteiger charge is 1.87. The van der Waals surface area contributed by atoms with Gasteiger partial charge in [-0.2, -0.15) is 4.55 Å². The van der Waals surface area contributed by atoms with Gasteiger partial charge in [0.05, 0.1) is 0 Å². The number of hydrogen-bond acceptors (Lipinski definition) is 1. The normalized spacial score (nSPS) is 9.44. The summed E-state index contributed by atoms with van der Waals surface area (Å²) in [5.74, 6) is 0.570. The largest absolute Gasteiger partial charge is 0.151 e. The van der Waals surface area contributed by atoms with Crippen LogP contribution in [0, 0.1) is 0 Å². The molecule has 0 bridgehead atoms. The molecule has 0 aliphatic carbocycles. The lowest BCUT2D eigenvalue weighted by Gasteiger charge is -1.91. The predicted molar refractivity (Wildman–Crippen MR) is 38.4 cm³/mol. The van der Waals surface area contributed by atoms with Crippen LogP contribution >= 0.6 is 12.0 Å². The fourth-order valence-electron chi connectivity index (χ4n) is 0.642. The molecule has 0 N–H and O–H groups in total. The van der Waals surface area contributed by atoms with Gasteiger partial charge in [0.25, 0.3) is 0 Å². The van der Waals surface area contributed by atoms with E-state index in [-0.39, 0.29) is 0 Å². The maximum absolute atomic E-state index is 10.0. The summed E-state index contributed by atoms with van der Waals surface area (Å²) in [7, 11) is 0. The molecule has 0 aliphatic heterocycles. The van der Waals surface area contributed by atoms with E-state index in [0.29, 0.717) is 17.8 Å². The van der Waals surface area contributed by atoms with Crippen LogP contribution in [0.25, 0.3) is 0 Å². The molecule has 9 heavy (non-hydrogen) atoms. The van der Waals surface area contributed by atoms with Gasteiger partial charge in [-0.25, -0.2) is 0 Å². The van der Waals surface area contributed by atoms with Crippen molar-refractivity contribution < 1.29 is 4.55 Å². The van der Waals surface area contributed by atoms with E-state index in [1.54, 1.807) is 0 Å². The highest BCUT2D eigenvalue weighted by Crippen LogP contribution is 2.07. The highest BCUT2D eigenvalue weighted by atomic mass is 32.2. The van der Waals surface area contributed by atoms with Crippen molar-refractivity contribution in [3.8, 4) is 0 Å². The maximum atomic E-state index is 10.0. The van der Waals surface area contributed by atoms with Gasteiger partial charge in [-0.3, -0.25) is 0 Å². The Morgan fingerprint density at radius 2 is 1.89 bits per heavy atom. The van der Waals surface area contributed by atoms with E-state index in [1.807, 2.05) is 30.3 Å². The molecule has 0 heterocycles. The van der Waals surface area contributed by atoms with Crippen LogP contribution in [-0.4, -0.2) is 0 Å². The van der Waals surface area contributed by atoms with Crippen LogP contribution in [0.5, 0.6) is 0 Å². The molecule has 2 heteroatoms. The molecular weight excluding hydrogens is 132 g/mol. The molecule has 0 fully saturated rings. The van der Waals surface area contributed by atoms with Crippen LogP contribution in [-0.2, 0) is 10.3 Å². The zero-order valence-electron chi connectivity index (χ0n) is 4.91. The van der Waals surface area contributed by atoms with E-state index < -0.39 is 0 Å². The lowest BCUT2D eigenvalue weighted by molar-refractivity contribution is 0.531. The van der Waals surface area contributed by atoms with Crippen LogP contribution < -0.4 is 0 Å². The van der Waals surface area contributed by atoms with Crippen molar-refractivity contribution in [1.29, 1.82) is 0 Å². The van der Waals surface area contributed by atoms with Crippen molar-refractivity contribution in [3.05, 3.63) is 35.9 Å². The SMILES string of the molecule is [O]SCc1ccccc1. The second-order valence-corrected chi connectivity index (χ2v) is 2.27.